The number of hydrogen-bond donors (Lipinski definition) is 0. The minimum Gasteiger partial charge on any atom is -0.364 e. The molecule has 0 atom stereocenters. The highest BCUT2D eigenvalue weighted by Gasteiger charge is 2.30. The number of amidine groups is 1. The van der Waals surface area contributed by atoms with Crippen LogP contribution >= 0.6 is 0 Å². The zero-order valence-electron chi connectivity index (χ0n) is 12.1. The molecule has 1 aromatic carbocycles. The molecule has 0 fully saturated rings. The van der Waals surface area contributed by atoms with E-state index < -0.39 is 11.7 Å². The van der Waals surface area contributed by atoms with E-state index in [0.717, 1.165) is 29.3 Å². The molecule has 1 heterocycles. The van der Waals surface area contributed by atoms with Crippen molar-refractivity contribution in [3.63, 3.8) is 0 Å². The Hall–Kier alpha value is -2.11. The molecule has 1 aromatic rings. The van der Waals surface area contributed by atoms with Crippen molar-refractivity contribution in [1.82, 2.24) is 4.90 Å². The third-order valence-corrected chi connectivity index (χ3v) is 3.20. The lowest BCUT2D eigenvalue weighted by Crippen LogP contribution is -2.25. The fourth-order valence-electron chi connectivity index (χ4n) is 1.94. The monoisotopic (exact) mass is 295 g/mol. The molecule has 6 heteroatoms. The van der Waals surface area contributed by atoms with Crippen molar-refractivity contribution in [3.05, 3.63) is 41.0 Å². The van der Waals surface area contributed by atoms with Crippen LogP contribution in [-0.4, -0.2) is 30.5 Å². The summed E-state index contributed by atoms with van der Waals surface area (Å²) in [6, 6.07) is 5.26. The Morgan fingerprint density at radius 2 is 1.90 bits per heavy atom. The number of alkyl halides is 3. The molecule has 3 nitrogen and oxygen atoms in total. The third kappa shape index (κ3) is 3.71. The first-order valence-corrected chi connectivity index (χ1v) is 6.44. The summed E-state index contributed by atoms with van der Waals surface area (Å²) in [5.41, 5.74) is 1.45. The Bertz CT molecular complexity index is 625. The van der Waals surface area contributed by atoms with Crippen LogP contribution in [0.3, 0.4) is 0 Å². The van der Waals surface area contributed by atoms with Gasteiger partial charge in [-0.1, -0.05) is 12.1 Å². The third-order valence-electron chi connectivity index (χ3n) is 3.20. The highest BCUT2D eigenvalue weighted by Crippen LogP contribution is 2.30. The zero-order valence-corrected chi connectivity index (χ0v) is 12.1. The molecule has 0 aliphatic carbocycles. The molecule has 0 unspecified atom stereocenters. The average Bonchev–Trinajstić information content (AvgIpc) is 2.40. The summed E-state index contributed by atoms with van der Waals surface area (Å²) in [6.45, 7) is 1.80. The van der Waals surface area contributed by atoms with E-state index in [1.807, 2.05) is 19.0 Å². The molecular weight excluding hydrogens is 279 g/mol. The predicted octanol–water partition coefficient (Wildman–Crippen LogP) is 3.83. The highest BCUT2D eigenvalue weighted by molar-refractivity contribution is 6.08. The normalized spacial score (nSPS) is 17.5. The van der Waals surface area contributed by atoms with Crippen molar-refractivity contribution in [2.45, 2.75) is 19.5 Å². The fraction of sp³-hybridized carbons (Fsp3) is 0.333. The van der Waals surface area contributed by atoms with Gasteiger partial charge in [-0.2, -0.15) is 18.3 Å². The summed E-state index contributed by atoms with van der Waals surface area (Å²) < 4.78 is 38.2. The molecule has 0 amide bonds. The standard InChI is InChI=1S/C15H16F3N3/c1-10-12(9-14(20-19-10)21(2)3)7-11-5-4-6-13(8-11)15(16,17)18/h4-8H,9H2,1-3H3/b12-7-. The van der Waals surface area contributed by atoms with E-state index in [1.54, 1.807) is 19.1 Å². The van der Waals surface area contributed by atoms with Gasteiger partial charge in [0.2, 0.25) is 0 Å². The van der Waals surface area contributed by atoms with Crippen LogP contribution in [0.2, 0.25) is 0 Å². The van der Waals surface area contributed by atoms with Gasteiger partial charge in [0.1, 0.15) is 5.84 Å². The van der Waals surface area contributed by atoms with Crippen LogP contribution in [0.5, 0.6) is 0 Å². The number of halogens is 3. The number of hydrogen-bond acceptors (Lipinski definition) is 3. The van der Waals surface area contributed by atoms with Crippen molar-refractivity contribution in [2.75, 3.05) is 14.1 Å². The second kappa shape index (κ2) is 5.71. The van der Waals surface area contributed by atoms with Crippen molar-refractivity contribution in [2.24, 2.45) is 10.2 Å². The Kier molecular flexibility index (Phi) is 4.16. The summed E-state index contributed by atoms with van der Waals surface area (Å²) in [4.78, 5) is 1.84. The lowest BCUT2D eigenvalue weighted by molar-refractivity contribution is -0.137. The molecule has 0 aromatic heterocycles. The summed E-state index contributed by atoms with van der Waals surface area (Å²) in [7, 11) is 3.72. The Labute approximate surface area is 121 Å². The van der Waals surface area contributed by atoms with Gasteiger partial charge < -0.3 is 4.90 Å². The number of benzene rings is 1. The molecule has 112 valence electrons. The van der Waals surface area contributed by atoms with Crippen molar-refractivity contribution in [1.29, 1.82) is 0 Å². The van der Waals surface area contributed by atoms with Gasteiger partial charge >= 0.3 is 6.18 Å². The molecule has 1 aliphatic heterocycles. The van der Waals surface area contributed by atoms with Crippen LogP contribution in [0, 0.1) is 0 Å². The van der Waals surface area contributed by atoms with E-state index in [9.17, 15) is 13.2 Å². The molecule has 0 saturated heterocycles. The molecule has 0 bridgehead atoms. The first kappa shape index (κ1) is 15.3. The van der Waals surface area contributed by atoms with E-state index in [-0.39, 0.29) is 0 Å². The molecule has 0 saturated carbocycles. The fourth-order valence-corrected chi connectivity index (χ4v) is 1.94. The Balaban J connectivity index is 2.33. The van der Waals surface area contributed by atoms with Gasteiger partial charge in [0.05, 0.1) is 11.3 Å². The van der Waals surface area contributed by atoms with Gasteiger partial charge in [0.25, 0.3) is 0 Å². The van der Waals surface area contributed by atoms with E-state index in [2.05, 4.69) is 10.2 Å². The van der Waals surface area contributed by atoms with Crippen LogP contribution in [0.1, 0.15) is 24.5 Å². The lowest BCUT2D eigenvalue weighted by atomic mass is 10.0. The molecule has 2 rings (SSSR count). The second-order valence-electron chi connectivity index (χ2n) is 5.07. The Morgan fingerprint density at radius 3 is 2.52 bits per heavy atom. The SMILES string of the molecule is CC1=NN=C(N(C)C)C/C1=C/c1cccc(C(F)(F)F)c1. The van der Waals surface area contributed by atoms with Crippen molar-refractivity contribution in [3.8, 4) is 0 Å². The lowest BCUT2D eigenvalue weighted by Gasteiger charge is -2.19. The number of nitrogens with zero attached hydrogens (tertiary/aromatic N) is 3. The average molecular weight is 295 g/mol. The first-order valence-electron chi connectivity index (χ1n) is 6.44. The van der Waals surface area contributed by atoms with Gasteiger partial charge in [0, 0.05) is 20.5 Å². The van der Waals surface area contributed by atoms with Crippen molar-refractivity contribution < 1.29 is 13.2 Å². The minimum atomic E-state index is -4.33. The quantitative estimate of drug-likeness (QED) is 0.774. The highest BCUT2D eigenvalue weighted by atomic mass is 19.4. The van der Waals surface area contributed by atoms with Gasteiger partial charge in [-0.3, -0.25) is 0 Å². The molecule has 0 radical (unpaired) electrons. The van der Waals surface area contributed by atoms with Crippen LogP contribution in [0.4, 0.5) is 13.2 Å². The maximum Gasteiger partial charge on any atom is 0.416 e. The maximum absolute atomic E-state index is 12.7. The van der Waals surface area contributed by atoms with E-state index in [0.29, 0.717) is 12.0 Å². The van der Waals surface area contributed by atoms with Gasteiger partial charge in [-0.05, 0) is 36.3 Å². The van der Waals surface area contributed by atoms with Crippen LogP contribution < -0.4 is 0 Å². The molecule has 0 N–H and O–H groups in total. The summed E-state index contributed by atoms with van der Waals surface area (Å²) >= 11 is 0. The maximum atomic E-state index is 12.7. The Morgan fingerprint density at radius 1 is 1.19 bits per heavy atom. The van der Waals surface area contributed by atoms with E-state index in [1.165, 1.54) is 6.07 Å². The van der Waals surface area contributed by atoms with Crippen LogP contribution in [0.25, 0.3) is 6.08 Å². The van der Waals surface area contributed by atoms with Crippen LogP contribution in [-0.2, 0) is 6.18 Å². The topological polar surface area (TPSA) is 28.0 Å². The first-order chi connectivity index (χ1) is 9.77. The van der Waals surface area contributed by atoms with Gasteiger partial charge in [0.15, 0.2) is 0 Å². The largest absolute Gasteiger partial charge is 0.416 e. The predicted molar refractivity (Wildman–Crippen MR) is 78.3 cm³/mol. The molecular formula is C15H16F3N3. The molecule has 0 spiro atoms. The minimum absolute atomic E-state index is 0.509. The van der Waals surface area contributed by atoms with E-state index >= 15 is 0 Å². The van der Waals surface area contributed by atoms with Crippen LogP contribution in [0.15, 0.2) is 40.0 Å². The molecule has 1 aliphatic rings. The smallest absolute Gasteiger partial charge is 0.364 e. The summed E-state index contributed by atoms with van der Waals surface area (Å²) in [5, 5.41) is 8.12. The van der Waals surface area contributed by atoms with Gasteiger partial charge in [-0.15, -0.1) is 5.10 Å². The van der Waals surface area contributed by atoms with E-state index in [4.69, 9.17) is 0 Å². The second-order valence-corrected chi connectivity index (χ2v) is 5.07. The van der Waals surface area contributed by atoms with Crippen molar-refractivity contribution >= 4 is 17.6 Å². The summed E-state index contributed by atoms with van der Waals surface area (Å²) in [6.07, 6.45) is -2.05. The van der Waals surface area contributed by atoms with Gasteiger partial charge in [-0.25, -0.2) is 0 Å². The summed E-state index contributed by atoms with van der Waals surface area (Å²) in [5.74, 6) is 0.777. The molecule has 21 heavy (non-hydrogen) atoms. The number of rotatable bonds is 1. The zero-order chi connectivity index (χ0) is 15.6.